The first-order valence-electron chi connectivity index (χ1n) is 5.31. The topological polar surface area (TPSA) is 0 Å². The van der Waals surface area contributed by atoms with E-state index in [1.165, 1.54) is 38.5 Å². The Morgan fingerprint density at radius 1 is 1.17 bits per heavy atom. The first-order chi connectivity index (χ1) is 5.52. The Hall–Kier alpha value is 0.0649. The van der Waals surface area contributed by atoms with Crippen molar-refractivity contribution in [2.24, 2.45) is 5.41 Å². The molecular weight excluding hydrogens is 143 g/mol. The van der Waals surface area contributed by atoms with E-state index < -0.39 is 0 Å². The Morgan fingerprint density at radius 2 is 1.67 bits per heavy atom. The molecule has 1 heteroatoms. The van der Waals surface area contributed by atoms with Gasteiger partial charge in [-0.2, -0.15) is 0 Å². The average Bonchev–Trinajstić information content (AvgIpc) is 2.06. The fourth-order valence-corrected chi connectivity index (χ4v) is 2.21. The molecule has 0 N–H and O–H groups in total. The van der Waals surface area contributed by atoms with Crippen LogP contribution in [0.2, 0.25) is 5.31 Å². The molecule has 0 heterocycles. The summed E-state index contributed by atoms with van der Waals surface area (Å²) in [6, 6.07) is 0. The molecule has 1 aliphatic carbocycles. The van der Waals surface area contributed by atoms with E-state index >= 15 is 0 Å². The summed E-state index contributed by atoms with van der Waals surface area (Å²) < 4.78 is 0. The standard InChI is InChI=1S/C11H21B/c1-4-10(2,3)11(12)8-6-5-7-9-11/h4-9H2,1-3H3. The Labute approximate surface area is 78.5 Å². The van der Waals surface area contributed by atoms with Crippen LogP contribution >= 0.6 is 0 Å². The zero-order valence-corrected chi connectivity index (χ0v) is 8.82. The van der Waals surface area contributed by atoms with Crippen LogP contribution in [-0.2, 0) is 0 Å². The van der Waals surface area contributed by atoms with Crippen LogP contribution in [0.25, 0.3) is 0 Å². The van der Waals surface area contributed by atoms with Crippen molar-refractivity contribution >= 4 is 7.85 Å². The minimum Gasteiger partial charge on any atom is -0.0649 e. The van der Waals surface area contributed by atoms with Gasteiger partial charge in [0.05, 0.1) is 7.85 Å². The smallest absolute Gasteiger partial charge is 0.0649 e. The maximum atomic E-state index is 6.45. The van der Waals surface area contributed by atoms with Gasteiger partial charge in [0.2, 0.25) is 0 Å². The molecule has 1 aliphatic rings. The van der Waals surface area contributed by atoms with Crippen molar-refractivity contribution < 1.29 is 0 Å². The summed E-state index contributed by atoms with van der Waals surface area (Å²) in [6.07, 6.45) is 7.71. The first-order valence-corrected chi connectivity index (χ1v) is 5.31. The summed E-state index contributed by atoms with van der Waals surface area (Å²) in [5.41, 5.74) is 0.327. The Morgan fingerprint density at radius 3 is 2.08 bits per heavy atom. The van der Waals surface area contributed by atoms with Crippen molar-refractivity contribution in [1.82, 2.24) is 0 Å². The van der Waals surface area contributed by atoms with Gasteiger partial charge in [-0.05, 0) is 5.41 Å². The van der Waals surface area contributed by atoms with E-state index in [0.717, 1.165) is 0 Å². The highest BCUT2D eigenvalue weighted by atomic mass is 14.4. The van der Waals surface area contributed by atoms with E-state index in [-0.39, 0.29) is 5.31 Å². The van der Waals surface area contributed by atoms with Gasteiger partial charge in [0.1, 0.15) is 0 Å². The molecule has 0 unspecified atom stereocenters. The molecule has 1 saturated carbocycles. The number of rotatable bonds is 2. The quantitative estimate of drug-likeness (QED) is 0.545. The fraction of sp³-hybridized carbons (Fsp3) is 1.00. The van der Waals surface area contributed by atoms with E-state index in [1.54, 1.807) is 0 Å². The van der Waals surface area contributed by atoms with E-state index in [9.17, 15) is 0 Å². The highest BCUT2D eigenvalue weighted by Crippen LogP contribution is 2.54. The summed E-state index contributed by atoms with van der Waals surface area (Å²) >= 11 is 0. The van der Waals surface area contributed by atoms with Gasteiger partial charge in [0.15, 0.2) is 0 Å². The molecule has 12 heavy (non-hydrogen) atoms. The highest BCUT2D eigenvalue weighted by Gasteiger charge is 2.39. The third-order valence-electron chi connectivity index (χ3n) is 3.98. The number of hydrogen-bond acceptors (Lipinski definition) is 0. The SMILES string of the molecule is [B]C1(C(C)(C)CC)CCCCC1. The summed E-state index contributed by atoms with van der Waals surface area (Å²) in [5, 5.41) is 0.125. The van der Waals surface area contributed by atoms with Crippen LogP contribution in [0.3, 0.4) is 0 Å². The highest BCUT2D eigenvalue weighted by molar-refractivity contribution is 6.15. The molecule has 0 amide bonds. The maximum Gasteiger partial charge on any atom is 0.0753 e. The van der Waals surface area contributed by atoms with Crippen molar-refractivity contribution in [3.8, 4) is 0 Å². The van der Waals surface area contributed by atoms with Crippen molar-refractivity contribution in [3.05, 3.63) is 0 Å². The molecule has 68 valence electrons. The zero-order valence-electron chi connectivity index (χ0n) is 8.82. The molecule has 2 radical (unpaired) electrons. The van der Waals surface area contributed by atoms with Gasteiger partial charge in [0, 0.05) is 0 Å². The van der Waals surface area contributed by atoms with Gasteiger partial charge in [-0.1, -0.05) is 64.6 Å². The maximum absolute atomic E-state index is 6.45. The van der Waals surface area contributed by atoms with Gasteiger partial charge >= 0.3 is 0 Å². The third-order valence-corrected chi connectivity index (χ3v) is 3.98. The Balaban J connectivity index is 2.68. The molecule has 1 rings (SSSR count). The summed E-state index contributed by atoms with van der Waals surface area (Å²) in [7, 11) is 6.45. The van der Waals surface area contributed by atoms with E-state index in [1.807, 2.05) is 0 Å². The normalized spacial score (nSPS) is 23.9. The van der Waals surface area contributed by atoms with Crippen LogP contribution in [0.1, 0.15) is 59.3 Å². The predicted octanol–water partition coefficient (Wildman–Crippen LogP) is 3.71. The van der Waals surface area contributed by atoms with Crippen LogP contribution in [0, 0.1) is 5.41 Å². The second kappa shape index (κ2) is 3.43. The van der Waals surface area contributed by atoms with Crippen molar-refractivity contribution in [1.29, 1.82) is 0 Å². The summed E-state index contributed by atoms with van der Waals surface area (Å²) in [6.45, 7) is 6.89. The molecule has 0 atom stereocenters. The molecule has 0 saturated heterocycles. The minimum atomic E-state index is 0.125. The monoisotopic (exact) mass is 164 g/mol. The largest absolute Gasteiger partial charge is 0.0753 e. The van der Waals surface area contributed by atoms with Gasteiger partial charge < -0.3 is 0 Å². The first kappa shape index (κ1) is 10.1. The Kier molecular flexibility index (Phi) is 2.90. The van der Waals surface area contributed by atoms with Gasteiger partial charge in [-0.15, -0.1) is 0 Å². The van der Waals surface area contributed by atoms with Crippen LogP contribution in [-0.4, -0.2) is 7.85 Å². The average molecular weight is 164 g/mol. The van der Waals surface area contributed by atoms with Gasteiger partial charge in [0.25, 0.3) is 0 Å². The van der Waals surface area contributed by atoms with Crippen LogP contribution in [0.15, 0.2) is 0 Å². The van der Waals surface area contributed by atoms with Gasteiger partial charge in [-0.25, -0.2) is 0 Å². The van der Waals surface area contributed by atoms with Crippen LogP contribution in [0.5, 0.6) is 0 Å². The molecular formula is C11H21B. The van der Waals surface area contributed by atoms with Crippen molar-refractivity contribution in [3.63, 3.8) is 0 Å². The van der Waals surface area contributed by atoms with Crippen molar-refractivity contribution in [2.75, 3.05) is 0 Å². The minimum absolute atomic E-state index is 0.125. The van der Waals surface area contributed by atoms with Crippen molar-refractivity contribution in [2.45, 2.75) is 64.6 Å². The lowest BCUT2D eigenvalue weighted by atomic mass is 9.47. The van der Waals surface area contributed by atoms with Crippen LogP contribution in [0.4, 0.5) is 0 Å². The van der Waals surface area contributed by atoms with E-state index in [4.69, 9.17) is 7.85 Å². The molecule has 0 spiro atoms. The molecule has 0 aromatic carbocycles. The predicted molar refractivity (Wildman–Crippen MR) is 55.6 cm³/mol. The molecule has 0 aliphatic heterocycles. The third kappa shape index (κ3) is 1.70. The van der Waals surface area contributed by atoms with E-state index in [2.05, 4.69) is 20.8 Å². The lowest BCUT2D eigenvalue weighted by Gasteiger charge is -2.47. The second-order valence-corrected chi connectivity index (χ2v) is 4.95. The molecule has 0 bridgehead atoms. The van der Waals surface area contributed by atoms with Gasteiger partial charge in [-0.3, -0.25) is 0 Å². The lowest BCUT2D eigenvalue weighted by molar-refractivity contribution is 0.171. The summed E-state index contributed by atoms with van der Waals surface area (Å²) in [4.78, 5) is 0. The Bertz CT molecular complexity index is 143. The summed E-state index contributed by atoms with van der Waals surface area (Å²) in [5.74, 6) is 0. The fourth-order valence-electron chi connectivity index (χ4n) is 2.21. The lowest BCUT2D eigenvalue weighted by Crippen LogP contribution is -2.33. The molecule has 0 aromatic heterocycles. The molecule has 0 nitrogen and oxygen atoms in total. The molecule has 0 aromatic rings. The second-order valence-electron chi connectivity index (χ2n) is 4.95. The van der Waals surface area contributed by atoms with Crippen LogP contribution < -0.4 is 0 Å². The molecule has 1 fully saturated rings. The zero-order chi connectivity index (χ0) is 9.24. The van der Waals surface area contributed by atoms with E-state index in [0.29, 0.717) is 5.41 Å². The number of hydrogen-bond donors (Lipinski definition) is 0.